The maximum absolute atomic E-state index is 5.05. The van der Waals surface area contributed by atoms with Crippen molar-refractivity contribution in [3.05, 3.63) is 23.7 Å². The molecule has 0 unspecified atom stereocenters. The van der Waals surface area contributed by atoms with Crippen LogP contribution in [0.3, 0.4) is 0 Å². The van der Waals surface area contributed by atoms with Gasteiger partial charge in [-0.1, -0.05) is 13.8 Å². The molecule has 0 radical (unpaired) electrons. The molecule has 25 heavy (non-hydrogen) atoms. The zero-order valence-corrected chi connectivity index (χ0v) is 16.3. The number of hydrogen-bond acceptors (Lipinski definition) is 6. The first-order chi connectivity index (χ1) is 12.1. The highest BCUT2D eigenvalue weighted by molar-refractivity contribution is 7.99. The summed E-state index contributed by atoms with van der Waals surface area (Å²) in [5.41, 5.74) is 3.74. The second kappa shape index (κ2) is 5.81. The maximum atomic E-state index is 5.05. The SMILES string of the molecule is CC1(C)Cc2nc3sc4c(N5CCCCC5)ncnc4c3cc2CS1. The maximum Gasteiger partial charge on any atom is 0.150 e. The molecular formula is C19H22N4S2. The number of anilines is 1. The van der Waals surface area contributed by atoms with Crippen LogP contribution in [0.1, 0.15) is 44.4 Å². The van der Waals surface area contributed by atoms with Crippen LogP contribution in [-0.2, 0) is 12.2 Å². The van der Waals surface area contributed by atoms with Crippen LogP contribution in [0.4, 0.5) is 5.82 Å². The number of thiophene rings is 1. The third-order valence-corrected chi connectivity index (χ3v) is 7.73. The zero-order chi connectivity index (χ0) is 17.0. The summed E-state index contributed by atoms with van der Waals surface area (Å²) in [6.45, 7) is 6.85. The van der Waals surface area contributed by atoms with Crippen molar-refractivity contribution in [3.8, 4) is 0 Å². The van der Waals surface area contributed by atoms with Gasteiger partial charge in [0.2, 0.25) is 0 Å². The molecule has 5 rings (SSSR count). The molecule has 1 fully saturated rings. The van der Waals surface area contributed by atoms with E-state index in [1.165, 1.54) is 40.6 Å². The molecule has 5 heterocycles. The van der Waals surface area contributed by atoms with Crippen LogP contribution < -0.4 is 4.90 Å². The first-order valence-electron chi connectivity index (χ1n) is 9.06. The average molecular weight is 371 g/mol. The number of rotatable bonds is 1. The van der Waals surface area contributed by atoms with Crippen LogP contribution in [0.2, 0.25) is 0 Å². The normalized spacial score (nSPS) is 20.2. The highest BCUT2D eigenvalue weighted by Crippen LogP contribution is 2.42. The summed E-state index contributed by atoms with van der Waals surface area (Å²) in [5, 5.41) is 1.21. The number of thioether (sulfide) groups is 1. The Bertz CT molecular complexity index is 957. The van der Waals surface area contributed by atoms with E-state index >= 15 is 0 Å². The molecule has 0 amide bonds. The minimum atomic E-state index is 0.281. The van der Waals surface area contributed by atoms with Gasteiger partial charge in [-0.15, -0.1) is 11.3 Å². The van der Waals surface area contributed by atoms with Gasteiger partial charge in [-0.3, -0.25) is 0 Å². The highest BCUT2D eigenvalue weighted by Gasteiger charge is 2.28. The summed E-state index contributed by atoms with van der Waals surface area (Å²) in [6, 6.07) is 2.34. The van der Waals surface area contributed by atoms with Gasteiger partial charge in [0.1, 0.15) is 17.0 Å². The summed E-state index contributed by atoms with van der Waals surface area (Å²) < 4.78 is 1.49. The third kappa shape index (κ3) is 2.70. The lowest BCUT2D eigenvalue weighted by Crippen LogP contribution is -2.30. The second-order valence-corrected chi connectivity index (χ2v) is 10.4. The molecule has 3 aromatic rings. The van der Waals surface area contributed by atoms with Gasteiger partial charge in [-0.2, -0.15) is 11.8 Å². The van der Waals surface area contributed by atoms with Crippen LogP contribution >= 0.6 is 23.1 Å². The van der Waals surface area contributed by atoms with E-state index in [-0.39, 0.29) is 4.75 Å². The van der Waals surface area contributed by atoms with Gasteiger partial charge in [0.25, 0.3) is 0 Å². The predicted molar refractivity (Wildman–Crippen MR) is 108 cm³/mol. The van der Waals surface area contributed by atoms with E-state index < -0.39 is 0 Å². The topological polar surface area (TPSA) is 41.9 Å². The summed E-state index contributed by atoms with van der Waals surface area (Å²) in [5.74, 6) is 2.16. The van der Waals surface area contributed by atoms with E-state index in [2.05, 4.69) is 34.8 Å². The van der Waals surface area contributed by atoms with Crippen molar-refractivity contribution in [2.45, 2.75) is 50.0 Å². The van der Waals surface area contributed by atoms with Gasteiger partial charge in [0.15, 0.2) is 0 Å². The van der Waals surface area contributed by atoms with E-state index in [1.54, 1.807) is 17.7 Å². The fraction of sp³-hybridized carbons (Fsp3) is 0.526. The van der Waals surface area contributed by atoms with Gasteiger partial charge in [-0.05, 0) is 30.9 Å². The number of pyridine rings is 1. The molecule has 0 atom stereocenters. The molecule has 0 saturated carbocycles. The Labute approximate surface area is 156 Å². The van der Waals surface area contributed by atoms with Gasteiger partial charge >= 0.3 is 0 Å². The van der Waals surface area contributed by atoms with Crippen LogP contribution in [0.15, 0.2) is 12.4 Å². The third-order valence-electron chi connectivity index (χ3n) is 5.26. The van der Waals surface area contributed by atoms with E-state index in [1.807, 2.05) is 11.8 Å². The molecular weight excluding hydrogens is 348 g/mol. The molecule has 6 heteroatoms. The molecule has 4 nitrogen and oxygen atoms in total. The number of nitrogens with zero attached hydrogens (tertiary/aromatic N) is 4. The summed E-state index contributed by atoms with van der Waals surface area (Å²) in [6.07, 6.45) is 6.63. The molecule has 3 aromatic heterocycles. The van der Waals surface area contributed by atoms with Crippen LogP contribution in [0.5, 0.6) is 0 Å². The first kappa shape index (κ1) is 15.8. The van der Waals surface area contributed by atoms with Crippen molar-refractivity contribution < 1.29 is 0 Å². The number of fused-ring (bicyclic) bond motifs is 4. The van der Waals surface area contributed by atoms with Crippen molar-refractivity contribution in [1.29, 1.82) is 0 Å². The van der Waals surface area contributed by atoms with Crippen molar-refractivity contribution in [1.82, 2.24) is 15.0 Å². The quantitative estimate of drug-likeness (QED) is 0.615. The monoisotopic (exact) mass is 370 g/mol. The lowest BCUT2D eigenvalue weighted by molar-refractivity contribution is 0.575. The molecule has 0 aromatic carbocycles. The predicted octanol–water partition coefficient (Wildman–Crippen LogP) is 4.80. The number of hydrogen-bond donors (Lipinski definition) is 0. The molecule has 0 N–H and O–H groups in total. The van der Waals surface area contributed by atoms with Crippen LogP contribution in [0, 0.1) is 0 Å². The lowest BCUT2D eigenvalue weighted by atomic mass is 10.0. The standard InChI is InChI=1S/C19H22N4S2/c1-19(2)9-14-12(10-24-19)8-13-15-16(25-18(13)22-14)17(21-11-20-15)23-6-4-3-5-7-23/h8,11H,3-7,9-10H2,1-2H3. The molecule has 2 aliphatic rings. The fourth-order valence-electron chi connectivity index (χ4n) is 3.90. The Morgan fingerprint density at radius 3 is 2.80 bits per heavy atom. The number of aromatic nitrogens is 3. The molecule has 0 aliphatic carbocycles. The summed E-state index contributed by atoms with van der Waals surface area (Å²) in [4.78, 5) is 17.9. The van der Waals surface area contributed by atoms with E-state index in [0.717, 1.165) is 41.4 Å². The van der Waals surface area contributed by atoms with Gasteiger partial charge in [0.05, 0.1) is 10.2 Å². The zero-order valence-electron chi connectivity index (χ0n) is 14.7. The largest absolute Gasteiger partial charge is 0.355 e. The molecule has 0 spiro atoms. The smallest absolute Gasteiger partial charge is 0.150 e. The van der Waals surface area contributed by atoms with Crippen molar-refractivity contribution in [3.63, 3.8) is 0 Å². The molecule has 130 valence electrons. The van der Waals surface area contributed by atoms with Crippen molar-refractivity contribution in [2.24, 2.45) is 0 Å². The van der Waals surface area contributed by atoms with E-state index in [4.69, 9.17) is 4.98 Å². The second-order valence-electron chi connectivity index (χ2n) is 7.70. The summed E-state index contributed by atoms with van der Waals surface area (Å²) in [7, 11) is 0. The van der Waals surface area contributed by atoms with E-state index in [9.17, 15) is 0 Å². The van der Waals surface area contributed by atoms with Crippen LogP contribution in [0.25, 0.3) is 20.4 Å². The lowest BCUT2D eigenvalue weighted by Gasteiger charge is -2.29. The van der Waals surface area contributed by atoms with Gasteiger partial charge < -0.3 is 4.90 Å². The van der Waals surface area contributed by atoms with E-state index in [0.29, 0.717) is 0 Å². The molecule has 1 saturated heterocycles. The molecule has 2 aliphatic heterocycles. The Kier molecular flexibility index (Phi) is 3.68. The highest BCUT2D eigenvalue weighted by atomic mass is 32.2. The Hall–Kier alpha value is -1.40. The first-order valence-corrected chi connectivity index (χ1v) is 10.9. The molecule has 0 bridgehead atoms. The van der Waals surface area contributed by atoms with Gasteiger partial charge in [-0.25, -0.2) is 15.0 Å². The van der Waals surface area contributed by atoms with Crippen LogP contribution in [-0.4, -0.2) is 32.8 Å². The minimum Gasteiger partial charge on any atom is -0.355 e. The van der Waals surface area contributed by atoms with Crippen molar-refractivity contribution in [2.75, 3.05) is 18.0 Å². The summed E-state index contributed by atoms with van der Waals surface area (Å²) >= 11 is 3.80. The Morgan fingerprint density at radius 1 is 1.12 bits per heavy atom. The Morgan fingerprint density at radius 2 is 1.96 bits per heavy atom. The number of piperidine rings is 1. The average Bonchev–Trinajstić information content (AvgIpc) is 2.97. The fourth-order valence-corrected chi connectivity index (χ4v) is 6.09. The minimum absolute atomic E-state index is 0.281. The van der Waals surface area contributed by atoms with Gasteiger partial charge in [0, 0.05) is 41.1 Å². The Balaban J connectivity index is 1.68. The van der Waals surface area contributed by atoms with Crippen molar-refractivity contribution >= 4 is 49.3 Å².